The van der Waals surface area contributed by atoms with Crippen LogP contribution in [0.1, 0.15) is 25.1 Å². The van der Waals surface area contributed by atoms with Gasteiger partial charge in [-0.05, 0) is 40.5 Å². The molecule has 3 rings (SSSR count). The Morgan fingerprint density at radius 1 is 1.29 bits per heavy atom. The van der Waals surface area contributed by atoms with Crippen molar-refractivity contribution in [3.05, 3.63) is 15.8 Å². The van der Waals surface area contributed by atoms with E-state index in [-0.39, 0.29) is 0 Å². The topological polar surface area (TPSA) is 43.6 Å². The van der Waals surface area contributed by atoms with E-state index in [1.165, 1.54) is 19.3 Å². The van der Waals surface area contributed by atoms with Crippen molar-refractivity contribution in [3.63, 3.8) is 0 Å². The fourth-order valence-electron chi connectivity index (χ4n) is 1.90. The molecule has 0 fully saturated rings. The van der Waals surface area contributed by atoms with Crippen molar-refractivity contribution < 1.29 is 0 Å². The standard InChI is InChI=1S/C10H11BrN4S2/c11-7-6-16-10(12-7)17-9-14-13-8-4-2-1-3-5-15(8)9/h6H,1-5H2. The molecular weight excluding hydrogens is 320 g/mol. The van der Waals surface area contributed by atoms with Gasteiger partial charge in [-0.1, -0.05) is 6.42 Å². The van der Waals surface area contributed by atoms with E-state index in [2.05, 4.69) is 35.7 Å². The number of aryl methyl sites for hydroxylation is 1. The van der Waals surface area contributed by atoms with Gasteiger partial charge in [-0.15, -0.1) is 21.5 Å². The van der Waals surface area contributed by atoms with Gasteiger partial charge in [-0.3, -0.25) is 0 Å². The van der Waals surface area contributed by atoms with E-state index in [4.69, 9.17) is 0 Å². The lowest BCUT2D eigenvalue weighted by Crippen LogP contribution is -2.01. The maximum atomic E-state index is 4.37. The van der Waals surface area contributed by atoms with Crippen LogP contribution < -0.4 is 0 Å². The van der Waals surface area contributed by atoms with Gasteiger partial charge in [0, 0.05) is 18.3 Å². The quantitative estimate of drug-likeness (QED) is 0.846. The Labute approximate surface area is 116 Å². The molecule has 1 aliphatic rings. The third-order valence-electron chi connectivity index (χ3n) is 2.71. The third kappa shape index (κ3) is 2.56. The highest BCUT2D eigenvalue weighted by Crippen LogP contribution is 2.31. The Morgan fingerprint density at radius 3 is 3.06 bits per heavy atom. The van der Waals surface area contributed by atoms with Crippen LogP contribution in [0.4, 0.5) is 0 Å². The Kier molecular flexibility index (Phi) is 3.49. The van der Waals surface area contributed by atoms with Crippen molar-refractivity contribution in [2.45, 2.75) is 41.7 Å². The second-order valence-corrected chi connectivity index (χ2v) is 6.78. The van der Waals surface area contributed by atoms with Crippen LogP contribution in [0.25, 0.3) is 0 Å². The van der Waals surface area contributed by atoms with Gasteiger partial charge >= 0.3 is 0 Å². The molecular formula is C10H11BrN4S2. The highest BCUT2D eigenvalue weighted by atomic mass is 79.9. The van der Waals surface area contributed by atoms with Gasteiger partial charge in [0.25, 0.3) is 0 Å². The summed E-state index contributed by atoms with van der Waals surface area (Å²) in [5.41, 5.74) is 0. The molecule has 0 saturated heterocycles. The SMILES string of the molecule is Brc1csc(Sc2nnc3n2CCCCC3)n1. The van der Waals surface area contributed by atoms with E-state index < -0.39 is 0 Å². The molecule has 2 aromatic heterocycles. The maximum Gasteiger partial charge on any atom is 0.198 e. The Hall–Kier alpha value is -0.400. The minimum atomic E-state index is 0.889. The monoisotopic (exact) mass is 330 g/mol. The molecule has 0 aliphatic carbocycles. The van der Waals surface area contributed by atoms with E-state index in [1.807, 2.05) is 5.38 Å². The van der Waals surface area contributed by atoms with Crippen molar-refractivity contribution in [2.75, 3.05) is 0 Å². The molecule has 0 bridgehead atoms. The molecule has 0 aromatic carbocycles. The summed E-state index contributed by atoms with van der Waals surface area (Å²) in [5.74, 6) is 1.13. The van der Waals surface area contributed by atoms with Crippen molar-refractivity contribution in [1.29, 1.82) is 0 Å². The molecule has 0 radical (unpaired) electrons. The Bertz CT molecular complexity index is 522. The first-order valence-electron chi connectivity index (χ1n) is 5.54. The van der Waals surface area contributed by atoms with Crippen molar-refractivity contribution in [2.24, 2.45) is 0 Å². The third-order valence-corrected chi connectivity index (χ3v) is 5.34. The van der Waals surface area contributed by atoms with Crippen molar-refractivity contribution >= 4 is 39.0 Å². The highest BCUT2D eigenvalue weighted by Gasteiger charge is 2.16. The van der Waals surface area contributed by atoms with Crippen LogP contribution in [-0.4, -0.2) is 19.7 Å². The van der Waals surface area contributed by atoms with E-state index in [0.717, 1.165) is 32.9 Å². The second kappa shape index (κ2) is 5.07. The summed E-state index contributed by atoms with van der Waals surface area (Å²) >= 11 is 6.60. The Morgan fingerprint density at radius 2 is 2.24 bits per heavy atom. The maximum absolute atomic E-state index is 4.37. The molecule has 0 spiro atoms. The minimum absolute atomic E-state index is 0.889. The lowest BCUT2D eigenvalue weighted by molar-refractivity contribution is 0.591. The largest absolute Gasteiger partial charge is 0.306 e. The first-order valence-corrected chi connectivity index (χ1v) is 8.03. The molecule has 2 aromatic rings. The Balaban J connectivity index is 1.86. The van der Waals surface area contributed by atoms with Crippen LogP contribution in [0.5, 0.6) is 0 Å². The van der Waals surface area contributed by atoms with E-state index in [1.54, 1.807) is 23.1 Å². The molecule has 0 N–H and O–H groups in total. The summed E-state index contributed by atoms with van der Waals surface area (Å²) in [7, 11) is 0. The average molecular weight is 331 g/mol. The number of fused-ring (bicyclic) bond motifs is 1. The lowest BCUT2D eigenvalue weighted by Gasteiger charge is -2.04. The zero-order valence-electron chi connectivity index (χ0n) is 9.10. The van der Waals surface area contributed by atoms with Gasteiger partial charge in [0.1, 0.15) is 10.4 Å². The van der Waals surface area contributed by atoms with E-state index in [9.17, 15) is 0 Å². The number of thiazole rings is 1. The second-order valence-electron chi connectivity index (χ2n) is 3.90. The van der Waals surface area contributed by atoms with Crippen LogP contribution in [-0.2, 0) is 13.0 Å². The van der Waals surface area contributed by atoms with E-state index in [0.29, 0.717) is 0 Å². The number of aromatic nitrogens is 4. The molecule has 3 heterocycles. The van der Waals surface area contributed by atoms with Crippen molar-refractivity contribution in [3.8, 4) is 0 Å². The summed E-state index contributed by atoms with van der Waals surface area (Å²) in [5, 5.41) is 11.5. The van der Waals surface area contributed by atoms with Crippen LogP contribution in [0, 0.1) is 0 Å². The summed E-state index contributed by atoms with van der Waals surface area (Å²) in [6.45, 7) is 1.04. The summed E-state index contributed by atoms with van der Waals surface area (Å²) in [6.07, 6.45) is 4.79. The molecule has 0 atom stereocenters. The van der Waals surface area contributed by atoms with Gasteiger partial charge in [-0.2, -0.15) is 0 Å². The summed E-state index contributed by atoms with van der Waals surface area (Å²) < 4.78 is 4.14. The number of halogens is 1. The zero-order valence-corrected chi connectivity index (χ0v) is 12.3. The molecule has 0 unspecified atom stereocenters. The predicted molar refractivity (Wildman–Crippen MR) is 71.5 cm³/mol. The van der Waals surface area contributed by atoms with Gasteiger partial charge < -0.3 is 4.57 Å². The van der Waals surface area contributed by atoms with Gasteiger partial charge in [-0.25, -0.2) is 4.98 Å². The molecule has 0 amide bonds. The predicted octanol–water partition coefficient (Wildman–Crippen LogP) is 3.37. The average Bonchev–Trinajstić information content (AvgIpc) is 2.80. The molecule has 17 heavy (non-hydrogen) atoms. The number of rotatable bonds is 2. The van der Waals surface area contributed by atoms with Crippen LogP contribution in [0.15, 0.2) is 19.5 Å². The van der Waals surface area contributed by atoms with Crippen molar-refractivity contribution in [1.82, 2.24) is 19.7 Å². The highest BCUT2D eigenvalue weighted by molar-refractivity contribution is 9.10. The van der Waals surface area contributed by atoms with Crippen LogP contribution >= 0.6 is 39.0 Å². The van der Waals surface area contributed by atoms with Gasteiger partial charge in [0.15, 0.2) is 9.50 Å². The number of nitrogens with zero attached hydrogens (tertiary/aromatic N) is 4. The molecule has 90 valence electrons. The van der Waals surface area contributed by atoms with Crippen LogP contribution in [0.2, 0.25) is 0 Å². The molecule has 1 aliphatic heterocycles. The number of hydrogen-bond donors (Lipinski definition) is 0. The van der Waals surface area contributed by atoms with E-state index >= 15 is 0 Å². The fraction of sp³-hybridized carbons (Fsp3) is 0.500. The summed E-state index contributed by atoms with van der Waals surface area (Å²) in [6, 6.07) is 0. The normalized spacial score (nSPS) is 15.6. The molecule has 4 nitrogen and oxygen atoms in total. The molecule has 0 saturated carbocycles. The zero-order chi connectivity index (χ0) is 11.7. The molecule has 7 heteroatoms. The van der Waals surface area contributed by atoms with Crippen LogP contribution in [0.3, 0.4) is 0 Å². The van der Waals surface area contributed by atoms with Gasteiger partial charge in [0.2, 0.25) is 0 Å². The summed E-state index contributed by atoms with van der Waals surface area (Å²) in [4.78, 5) is 4.37. The number of hydrogen-bond acceptors (Lipinski definition) is 5. The first-order chi connectivity index (χ1) is 8.33. The minimum Gasteiger partial charge on any atom is -0.306 e. The van der Waals surface area contributed by atoms with Gasteiger partial charge in [0.05, 0.1) is 0 Å². The lowest BCUT2D eigenvalue weighted by atomic mass is 10.2. The fourth-order valence-corrected chi connectivity index (χ4v) is 4.24. The first kappa shape index (κ1) is 11.7. The smallest absolute Gasteiger partial charge is 0.198 e.